The Morgan fingerprint density at radius 1 is 1.00 bits per heavy atom. The summed E-state index contributed by atoms with van der Waals surface area (Å²) in [5, 5.41) is 13.9. The van der Waals surface area contributed by atoms with Gasteiger partial charge in [-0.15, -0.1) is 0 Å². The lowest BCUT2D eigenvalue weighted by atomic mass is 9.69. The molecule has 0 radical (unpaired) electrons. The third-order valence-electron chi connectivity index (χ3n) is 9.41. The van der Waals surface area contributed by atoms with Gasteiger partial charge in [0.1, 0.15) is 0 Å². The molecular formula is C28H46N4O3. The van der Waals surface area contributed by atoms with Gasteiger partial charge in [0.2, 0.25) is 11.8 Å². The number of nitriles is 1. The summed E-state index contributed by atoms with van der Waals surface area (Å²) in [5.74, 6) is 0.300. The molecule has 2 saturated heterocycles. The molecule has 7 heteroatoms. The zero-order chi connectivity index (χ0) is 24.9. The first-order chi connectivity index (χ1) is 16.8. The van der Waals surface area contributed by atoms with Gasteiger partial charge in [0.05, 0.1) is 30.7 Å². The van der Waals surface area contributed by atoms with Crippen LogP contribution < -0.4 is 5.32 Å². The van der Waals surface area contributed by atoms with Crippen molar-refractivity contribution in [2.24, 2.45) is 16.7 Å². The third-order valence-corrected chi connectivity index (χ3v) is 9.41. The van der Waals surface area contributed by atoms with Crippen LogP contribution in [0.15, 0.2) is 0 Å². The second kappa shape index (κ2) is 11.6. The summed E-state index contributed by atoms with van der Waals surface area (Å²) in [4.78, 5) is 30.1. The second-order valence-electron chi connectivity index (χ2n) is 12.2. The van der Waals surface area contributed by atoms with Crippen molar-refractivity contribution < 1.29 is 14.3 Å². The second-order valence-corrected chi connectivity index (χ2v) is 12.2. The first-order valence-electron chi connectivity index (χ1n) is 14.1. The van der Waals surface area contributed by atoms with Crippen LogP contribution >= 0.6 is 0 Å². The van der Waals surface area contributed by atoms with Crippen LogP contribution in [0.1, 0.15) is 90.9 Å². The topological polar surface area (TPSA) is 85.7 Å². The van der Waals surface area contributed by atoms with E-state index in [-0.39, 0.29) is 36.1 Å². The fourth-order valence-corrected chi connectivity index (χ4v) is 7.31. The van der Waals surface area contributed by atoms with E-state index in [9.17, 15) is 14.9 Å². The number of carbonyl (C=O) groups excluding carboxylic acids is 2. The van der Waals surface area contributed by atoms with Crippen LogP contribution in [0.25, 0.3) is 0 Å². The van der Waals surface area contributed by atoms with Gasteiger partial charge in [-0.05, 0) is 43.4 Å². The molecular weight excluding hydrogens is 440 g/mol. The molecule has 2 aliphatic heterocycles. The molecule has 2 saturated carbocycles. The number of nitrogens with zero attached hydrogens (tertiary/aromatic N) is 3. The summed E-state index contributed by atoms with van der Waals surface area (Å²) < 4.78 is 5.33. The SMILES string of the molecule is CC1(C)CCCC[C@H]1N1CC[C@](C#N)([C@H](NC(=O)CCC(=O)N2CCOCC2)C2CCCCC2)C1. The fourth-order valence-electron chi connectivity index (χ4n) is 7.31. The average molecular weight is 487 g/mol. The van der Waals surface area contributed by atoms with E-state index >= 15 is 0 Å². The van der Waals surface area contributed by atoms with Crippen molar-refractivity contribution in [1.82, 2.24) is 15.1 Å². The van der Waals surface area contributed by atoms with Crippen molar-refractivity contribution in [3.05, 3.63) is 0 Å². The van der Waals surface area contributed by atoms with Gasteiger partial charge in [-0.25, -0.2) is 0 Å². The number of carbonyl (C=O) groups is 2. The summed E-state index contributed by atoms with van der Waals surface area (Å²) in [6.07, 6.45) is 12.0. The zero-order valence-corrected chi connectivity index (χ0v) is 22.0. The monoisotopic (exact) mass is 486 g/mol. The van der Waals surface area contributed by atoms with E-state index in [4.69, 9.17) is 4.74 Å². The largest absolute Gasteiger partial charge is 0.378 e. The Labute approximate surface area is 211 Å². The van der Waals surface area contributed by atoms with Crippen LogP contribution in [0.2, 0.25) is 0 Å². The van der Waals surface area contributed by atoms with Crippen LogP contribution in [0.3, 0.4) is 0 Å². The van der Waals surface area contributed by atoms with Gasteiger partial charge in [0.25, 0.3) is 0 Å². The molecule has 4 rings (SSSR count). The lowest BCUT2D eigenvalue weighted by Crippen LogP contribution is -2.54. The maximum Gasteiger partial charge on any atom is 0.223 e. The molecule has 7 nitrogen and oxygen atoms in total. The number of likely N-dealkylation sites (tertiary alicyclic amines) is 1. The number of ether oxygens (including phenoxy) is 1. The predicted molar refractivity (Wildman–Crippen MR) is 135 cm³/mol. The predicted octanol–water partition coefficient (Wildman–Crippen LogP) is 3.87. The molecule has 0 unspecified atom stereocenters. The van der Waals surface area contributed by atoms with E-state index < -0.39 is 5.41 Å². The number of hydrogen-bond donors (Lipinski definition) is 1. The average Bonchev–Trinajstić information content (AvgIpc) is 3.31. The minimum Gasteiger partial charge on any atom is -0.378 e. The Morgan fingerprint density at radius 3 is 2.40 bits per heavy atom. The molecule has 2 amide bonds. The van der Waals surface area contributed by atoms with Crippen LogP contribution in [0, 0.1) is 28.1 Å². The quantitative estimate of drug-likeness (QED) is 0.590. The molecule has 196 valence electrons. The van der Waals surface area contributed by atoms with Crippen LogP contribution in [-0.4, -0.2) is 73.1 Å². The van der Waals surface area contributed by atoms with Crippen molar-refractivity contribution in [1.29, 1.82) is 5.26 Å². The number of rotatable bonds is 7. The van der Waals surface area contributed by atoms with Crippen molar-refractivity contribution in [3.63, 3.8) is 0 Å². The van der Waals surface area contributed by atoms with Crippen molar-refractivity contribution in [2.75, 3.05) is 39.4 Å². The third kappa shape index (κ3) is 6.20. The standard InChI is InChI=1S/C28H46N4O3/c1-27(2)13-7-6-10-23(27)32-15-14-28(20-29,21-32)26(22-8-4-3-5-9-22)30-24(33)11-12-25(34)31-16-18-35-19-17-31/h22-23,26H,3-19,21H2,1-2H3,(H,30,33)/t23-,26-,28-/m1/s1. The summed E-state index contributed by atoms with van der Waals surface area (Å²) in [7, 11) is 0. The minimum absolute atomic E-state index is 0.0271. The Bertz CT molecular complexity index is 782. The molecule has 35 heavy (non-hydrogen) atoms. The number of amides is 2. The van der Waals surface area contributed by atoms with E-state index in [2.05, 4.69) is 30.1 Å². The zero-order valence-electron chi connectivity index (χ0n) is 22.0. The van der Waals surface area contributed by atoms with Crippen LogP contribution in [0.4, 0.5) is 0 Å². The first kappa shape index (κ1) is 26.4. The van der Waals surface area contributed by atoms with Crippen molar-refractivity contribution >= 4 is 11.8 Å². The highest BCUT2D eigenvalue weighted by Crippen LogP contribution is 2.46. The van der Waals surface area contributed by atoms with Gasteiger partial charge in [-0.3, -0.25) is 14.5 Å². The molecule has 4 aliphatic rings. The van der Waals surface area contributed by atoms with E-state index in [1.165, 1.54) is 44.9 Å². The highest BCUT2D eigenvalue weighted by molar-refractivity contribution is 5.84. The molecule has 1 N–H and O–H groups in total. The molecule has 0 aromatic carbocycles. The van der Waals surface area contributed by atoms with Gasteiger partial charge in [-0.2, -0.15) is 5.26 Å². The minimum atomic E-state index is -0.542. The van der Waals surface area contributed by atoms with E-state index in [1.54, 1.807) is 4.90 Å². The van der Waals surface area contributed by atoms with Gasteiger partial charge >= 0.3 is 0 Å². The Balaban J connectivity index is 1.43. The van der Waals surface area contributed by atoms with Crippen LogP contribution in [-0.2, 0) is 14.3 Å². The van der Waals surface area contributed by atoms with E-state index in [1.807, 2.05) is 0 Å². The normalized spacial score (nSPS) is 31.0. The Kier molecular flexibility index (Phi) is 8.76. The highest BCUT2D eigenvalue weighted by Gasteiger charge is 2.51. The molecule has 0 spiro atoms. The van der Waals surface area contributed by atoms with E-state index in [0.717, 1.165) is 32.4 Å². The summed E-state index contributed by atoms with van der Waals surface area (Å²) >= 11 is 0. The number of hydrogen-bond acceptors (Lipinski definition) is 5. The van der Waals surface area contributed by atoms with Gasteiger partial charge in [-0.1, -0.05) is 46.0 Å². The molecule has 0 aromatic rings. The fraction of sp³-hybridized carbons (Fsp3) is 0.893. The van der Waals surface area contributed by atoms with Gasteiger partial charge < -0.3 is 15.0 Å². The number of morpholine rings is 1. The molecule has 3 atom stereocenters. The molecule has 4 fully saturated rings. The maximum atomic E-state index is 13.2. The summed E-state index contributed by atoms with van der Waals surface area (Å²) in [6, 6.07) is 3.13. The van der Waals surface area contributed by atoms with E-state index in [0.29, 0.717) is 38.3 Å². The Hall–Kier alpha value is -1.65. The van der Waals surface area contributed by atoms with Crippen molar-refractivity contribution in [2.45, 2.75) is 103 Å². The van der Waals surface area contributed by atoms with Crippen molar-refractivity contribution in [3.8, 4) is 6.07 Å². The smallest absolute Gasteiger partial charge is 0.223 e. The van der Waals surface area contributed by atoms with Gasteiger partial charge in [0, 0.05) is 45.1 Å². The highest BCUT2D eigenvalue weighted by atomic mass is 16.5. The lowest BCUT2D eigenvalue weighted by molar-refractivity contribution is -0.137. The molecule has 2 aliphatic carbocycles. The number of nitrogens with one attached hydrogen (secondary N) is 1. The maximum absolute atomic E-state index is 13.2. The molecule has 2 heterocycles. The molecule has 0 bridgehead atoms. The molecule has 0 aromatic heterocycles. The van der Waals surface area contributed by atoms with Crippen LogP contribution in [0.5, 0.6) is 0 Å². The van der Waals surface area contributed by atoms with Gasteiger partial charge in [0.15, 0.2) is 0 Å². The Morgan fingerprint density at radius 2 is 1.71 bits per heavy atom. The summed E-state index contributed by atoms with van der Waals surface area (Å²) in [6.45, 7) is 8.82. The summed E-state index contributed by atoms with van der Waals surface area (Å²) in [5.41, 5.74) is -0.271. The first-order valence-corrected chi connectivity index (χ1v) is 14.1. The lowest BCUT2D eigenvalue weighted by Gasteiger charge is -2.45.